The third kappa shape index (κ3) is 2.73. The zero-order valence-electron chi connectivity index (χ0n) is 8.97. The van der Waals surface area contributed by atoms with Crippen molar-refractivity contribution in [3.05, 3.63) is 54.2 Å². The quantitative estimate of drug-likeness (QED) is 0.794. The zero-order valence-corrected chi connectivity index (χ0v) is 8.97. The molecule has 0 spiro atoms. The first-order valence-corrected chi connectivity index (χ1v) is 5.23. The SMILES string of the molecule is Nc1ccccc1CCOc1ccccn1. The van der Waals surface area contributed by atoms with Crippen LogP contribution >= 0.6 is 0 Å². The number of para-hydroxylation sites is 1. The molecule has 0 aliphatic heterocycles. The Hall–Kier alpha value is -2.03. The Labute approximate surface area is 94.9 Å². The number of anilines is 1. The molecule has 0 saturated heterocycles. The van der Waals surface area contributed by atoms with E-state index < -0.39 is 0 Å². The molecule has 0 bridgehead atoms. The van der Waals surface area contributed by atoms with Crippen molar-refractivity contribution in [2.24, 2.45) is 0 Å². The van der Waals surface area contributed by atoms with Gasteiger partial charge in [0.1, 0.15) is 0 Å². The molecule has 3 heteroatoms. The average Bonchev–Trinajstić information content (AvgIpc) is 2.33. The zero-order chi connectivity index (χ0) is 11.2. The lowest BCUT2D eigenvalue weighted by Gasteiger charge is -2.06. The first-order valence-electron chi connectivity index (χ1n) is 5.23. The van der Waals surface area contributed by atoms with Crippen molar-refractivity contribution in [3.8, 4) is 5.88 Å². The van der Waals surface area contributed by atoms with Gasteiger partial charge in [0.05, 0.1) is 6.61 Å². The number of hydrogen-bond acceptors (Lipinski definition) is 3. The molecule has 0 aliphatic rings. The molecule has 2 aromatic rings. The molecule has 2 N–H and O–H groups in total. The molecule has 0 atom stereocenters. The van der Waals surface area contributed by atoms with Crippen LogP contribution in [0, 0.1) is 0 Å². The monoisotopic (exact) mass is 214 g/mol. The predicted molar refractivity (Wildman–Crippen MR) is 64.3 cm³/mol. The van der Waals surface area contributed by atoms with E-state index in [1.54, 1.807) is 6.20 Å². The van der Waals surface area contributed by atoms with Crippen molar-refractivity contribution in [3.63, 3.8) is 0 Å². The van der Waals surface area contributed by atoms with Gasteiger partial charge in [-0.05, 0) is 17.7 Å². The van der Waals surface area contributed by atoms with Gasteiger partial charge in [-0.2, -0.15) is 0 Å². The van der Waals surface area contributed by atoms with E-state index in [0.717, 1.165) is 17.7 Å². The summed E-state index contributed by atoms with van der Waals surface area (Å²) < 4.78 is 5.50. The van der Waals surface area contributed by atoms with Crippen LogP contribution in [0.15, 0.2) is 48.7 Å². The predicted octanol–water partition coefficient (Wildman–Crippen LogP) is 2.29. The highest BCUT2D eigenvalue weighted by atomic mass is 16.5. The molecule has 0 saturated carbocycles. The van der Waals surface area contributed by atoms with Crippen LogP contribution in [0.25, 0.3) is 0 Å². The summed E-state index contributed by atoms with van der Waals surface area (Å²) in [5.74, 6) is 0.650. The smallest absolute Gasteiger partial charge is 0.213 e. The third-order valence-corrected chi connectivity index (χ3v) is 2.31. The highest BCUT2D eigenvalue weighted by Crippen LogP contribution is 2.11. The molecule has 1 aromatic heterocycles. The molecule has 2 rings (SSSR count). The number of aromatic nitrogens is 1. The lowest BCUT2D eigenvalue weighted by Crippen LogP contribution is -2.04. The summed E-state index contributed by atoms with van der Waals surface area (Å²) >= 11 is 0. The Balaban J connectivity index is 1.87. The van der Waals surface area contributed by atoms with Crippen molar-refractivity contribution >= 4 is 5.69 Å². The fraction of sp³-hybridized carbons (Fsp3) is 0.154. The maximum atomic E-state index is 5.83. The number of nitrogen functional groups attached to an aromatic ring is 1. The van der Waals surface area contributed by atoms with Gasteiger partial charge in [0.15, 0.2) is 0 Å². The molecule has 0 radical (unpaired) electrons. The summed E-state index contributed by atoms with van der Waals surface area (Å²) in [6.45, 7) is 0.589. The minimum atomic E-state index is 0.589. The molecule has 3 nitrogen and oxygen atoms in total. The molecule has 1 aromatic carbocycles. The normalized spacial score (nSPS) is 10.0. The number of nitrogens with two attached hydrogens (primary N) is 1. The van der Waals surface area contributed by atoms with Crippen molar-refractivity contribution in [2.75, 3.05) is 12.3 Å². The summed E-state index contributed by atoms with van der Waals surface area (Å²) in [6.07, 6.45) is 2.51. The molecule has 0 unspecified atom stereocenters. The second-order valence-electron chi connectivity index (χ2n) is 3.47. The summed E-state index contributed by atoms with van der Waals surface area (Å²) in [5, 5.41) is 0. The maximum Gasteiger partial charge on any atom is 0.213 e. The molecule has 0 aliphatic carbocycles. The van der Waals surface area contributed by atoms with Gasteiger partial charge in [-0.3, -0.25) is 0 Å². The van der Waals surface area contributed by atoms with E-state index in [4.69, 9.17) is 10.5 Å². The molecular weight excluding hydrogens is 200 g/mol. The fourth-order valence-corrected chi connectivity index (χ4v) is 1.46. The molecule has 16 heavy (non-hydrogen) atoms. The van der Waals surface area contributed by atoms with E-state index in [-0.39, 0.29) is 0 Å². The lowest BCUT2D eigenvalue weighted by atomic mass is 10.1. The maximum absolute atomic E-state index is 5.83. The summed E-state index contributed by atoms with van der Waals surface area (Å²) in [6, 6.07) is 13.4. The van der Waals surface area contributed by atoms with Crippen LogP contribution in [0.2, 0.25) is 0 Å². The van der Waals surface area contributed by atoms with Gasteiger partial charge in [-0.1, -0.05) is 24.3 Å². The van der Waals surface area contributed by atoms with Gasteiger partial charge in [0.2, 0.25) is 5.88 Å². The van der Waals surface area contributed by atoms with Crippen LogP contribution in [0.5, 0.6) is 5.88 Å². The first kappa shape index (κ1) is 10.5. The number of nitrogens with zero attached hydrogens (tertiary/aromatic N) is 1. The second-order valence-corrected chi connectivity index (χ2v) is 3.47. The minimum absolute atomic E-state index is 0.589. The van der Waals surface area contributed by atoms with Crippen LogP contribution in [-0.4, -0.2) is 11.6 Å². The number of ether oxygens (including phenoxy) is 1. The van der Waals surface area contributed by atoms with E-state index >= 15 is 0 Å². The van der Waals surface area contributed by atoms with Crippen LogP contribution in [0.4, 0.5) is 5.69 Å². The highest BCUT2D eigenvalue weighted by molar-refractivity contribution is 5.46. The van der Waals surface area contributed by atoms with Crippen molar-refractivity contribution in [2.45, 2.75) is 6.42 Å². The standard InChI is InChI=1S/C13H14N2O/c14-12-6-2-1-5-11(12)8-10-16-13-7-3-4-9-15-13/h1-7,9H,8,10,14H2. The van der Waals surface area contributed by atoms with E-state index in [1.165, 1.54) is 0 Å². The van der Waals surface area contributed by atoms with Crippen LogP contribution in [-0.2, 0) is 6.42 Å². The number of hydrogen-bond donors (Lipinski definition) is 1. The second kappa shape index (κ2) is 5.16. The Bertz CT molecular complexity index is 443. The van der Waals surface area contributed by atoms with Crippen molar-refractivity contribution in [1.82, 2.24) is 4.98 Å². The lowest BCUT2D eigenvalue weighted by molar-refractivity contribution is 0.310. The fourth-order valence-electron chi connectivity index (χ4n) is 1.46. The Morgan fingerprint density at radius 2 is 1.88 bits per heavy atom. The number of rotatable bonds is 4. The molecular formula is C13H14N2O. The molecule has 82 valence electrons. The Morgan fingerprint density at radius 1 is 1.06 bits per heavy atom. The van der Waals surface area contributed by atoms with Crippen LogP contribution in [0.3, 0.4) is 0 Å². The molecule has 1 heterocycles. The van der Waals surface area contributed by atoms with Crippen molar-refractivity contribution in [1.29, 1.82) is 0 Å². The molecule has 0 fully saturated rings. The third-order valence-electron chi connectivity index (χ3n) is 2.31. The van der Waals surface area contributed by atoms with Crippen LogP contribution < -0.4 is 10.5 Å². The van der Waals surface area contributed by atoms with Gasteiger partial charge in [-0.25, -0.2) is 4.98 Å². The minimum Gasteiger partial charge on any atom is -0.477 e. The summed E-state index contributed by atoms with van der Waals surface area (Å²) in [5.41, 5.74) is 7.75. The topological polar surface area (TPSA) is 48.1 Å². The van der Waals surface area contributed by atoms with Gasteiger partial charge in [0, 0.05) is 24.4 Å². The van der Waals surface area contributed by atoms with E-state index in [1.807, 2.05) is 42.5 Å². The highest BCUT2D eigenvalue weighted by Gasteiger charge is 1.98. The van der Waals surface area contributed by atoms with Gasteiger partial charge < -0.3 is 10.5 Å². The van der Waals surface area contributed by atoms with E-state index in [0.29, 0.717) is 12.5 Å². The van der Waals surface area contributed by atoms with E-state index in [2.05, 4.69) is 4.98 Å². The largest absolute Gasteiger partial charge is 0.477 e. The average molecular weight is 214 g/mol. The molecule has 0 amide bonds. The number of benzene rings is 1. The number of pyridine rings is 1. The van der Waals surface area contributed by atoms with E-state index in [9.17, 15) is 0 Å². The van der Waals surface area contributed by atoms with Crippen LogP contribution in [0.1, 0.15) is 5.56 Å². The Kier molecular flexibility index (Phi) is 3.38. The summed E-state index contributed by atoms with van der Waals surface area (Å²) in [7, 11) is 0. The first-order chi connectivity index (χ1) is 7.86. The van der Waals surface area contributed by atoms with Crippen molar-refractivity contribution < 1.29 is 4.74 Å². The van der Waals surface area contributed by atoms with Gasteiger partial charge in [0.25, 0.3) is 0 Å². The summed E-state index contributed by atoms with van der Waals surface area (Å²) in [4.78, 5) is 4.08. The Morgan fingerprint density at radius 3 is 2.62 bits per heavy atom. The van der Waals surface area contributed by atoms with Gasteiger partial charge in [-0.15, -0.1) is 0 Å². The van der Waals surface area contributed by atoms with Gasteiger partial charge >= 0.3 is 0 Å².